The number of hydrogen-bond donors (Lipinski definition) is 3. The minimum absolute atomic E-state index is 0.00299. The van der Waals surface area contributed by atoms with Gasteiger partial charge in [-0.1, -0.05) is 11.6 Å². The second-order valence-corrected chi connectivity index (χ2v) is 4.96. The van der Waals surface area contributed by atoms with Crippen molar-refractivity contribution < 1.29 is 10.2 Å². The first-order valence-electron chi connectivity index (χ1n) is 5.95. The molecule has 1 aliphatic carbocycles. The van der Waals surface area contributed by atoms with Crippen LogP contribution in [-0.4, -0.2) is 20.4 Å². The molecule has 18 heavy (non-hydrogen) atoms. The smallest absolute Gasteiger partial charge is 0.137 e. The zero-order chi connectivity index (χ0) is 12.7. The van der Waals surface area contributed by atoms with Crippen LogP contribution in [0.5, 0.6) is 11.5 Å². The van der Waals surface area contributed by atoms with E-state index in [1.165, 1.54) is 6.07 Å². The van der Waals surface area contributed by atoms with Crippen molar-refractivity contribution in [3.05, 3.63) is 28.4 Å². The van der Waals surface area contributed by atoms with Crippen LogP contribution < -0.4 is 0 Å². The summed E-state index contributed by atoms with van der Waals surface area (Å²) in [4.78, 5) is 0. The lowest BCUT2D eigenvalue weighted by atomic mass is 9.93. The molecule has 5 heteroatoms. The van der Waals surface area contributed by atoms with Gasteiger partial charge in [0.05, 0.1) is 10.7 Å². The van der Waals surface area contributed by atoms with Gasteiger partial charge in [0.15, 0.2) is 0 Å². The summed E-state index contributed by atoms with van der Waals surface area (Å²) in [5, 5.41) is 26.9. The Kier molecular flexibility index (Phi) is 2.67. The van der Waals surface area contributed by atoms with Gasteiger partial charge in [-0.2, -0.15) is 5.10 Å². The standard InChI is InChI=1S/C13H13ClN2O2/c14-9-5-8(11(17)6-12(9)18)13-7-3-1-2-4-10(7)15-16-13/h5-6,17-18H,1-4H2,(H,15,16). The van der Waals surface area contributed by atoms with Crippen molar-refractivity contribution >= 4 is 11.6 Å². The predicted octanol–water partition coefficient (Wildman–Crippen LogP) is 3.02. The lowest BCUT2D eigenvalue weighted by Crippen LogP contribution is -2.01. The average molecular weight is 265 g/mol. The molecule has 1 heterocycles. The van der Waals surface area contributed by atoms with Gasteiger partial charge in [-0.25, -0.2) is 0 Å². The van der Waals surface area contributed by atoms with Gasteiger partial charge in [-0.05, 0) is 31.7 Å². The van der Waals surface area contributed by atoms with E-state index in [0.29, 0.717) is 5.56 Å². The van der Waals surface area contributed by atoms with E-state index in [1.54, 1.807) is 6.07 Å². The van der Waals surface area contributed by atoms with Crippen molar-refractivity contribution in [3.63, 3.8) is 0 Å². The Labute approximate surface area is 109 Å². The van der Waals surface area contributed by atoms with E-state index in [9.17, 15) is 10.2 Å². The van der Waals surface area contributed by atoms with Crippen LogP contribution in [-0.2, 0) is 12.8 Å². The third-order valence-electron chi connectivity index (χ3n) is 3.38. The van der Waals surface area contributed by atoms with Gasteiger partial charge in [0, 0.05) is 22.9 Å². The van der Waals surface area contributed by atoms with Crippen molar-refractivity contribution in [1.29, 1.82) is 0 Å². The Morgan fingerprint density at radius 3 is 2.72 bits per heavy atom. The van der Waals surface area contributed by atoms with Crippen molar-refractivity contribution in [2.45, 2.75) is 25.7 Å². The topological polar surface area (TPSA) is 69.1 Å². The lowest BCUT2D eigenvalue weighted by Gasteiger charge is -2.12. The maximum absolute atomic E-state index is 9.92. The van der Waals surface area contributed by atoms with Crippen molar-refractivity contribution in [2.75, 3.05) is 0 Å². The van der Waals surface area contributed by atoms with Crippen LogP contribution in [0.2, 0.25) is 5.02 Å². The fraction of sp³-hybridized carbons (Fsp3) is 0.308. The predicted molar refractivity (Wildman–Crippen MR) is 69.0 cm³/mol. The summed E-state index contributed by atoms with van der Waals surface area (Å²) in [6.45, 7) is 0. The van der Waals surface area contributed by atoms with E-state index >= 15 is 0 Å². The molecule has 3 N–H and O–H groups in total. The van der Waals surface area contributed by atoms with E-state index in [1.807, 2.05) is 0 Å². The molecule has 94 valence electrons. The fourth-order valence-corrected chi connectivity index (χ4v) is 2.61. The average Bonchev–Trinajstić information content (AvgIpc) is 2.78. The minimum Gasteiger partial charge on any atom is -0.507 e. The monoisotopic (exact) mass is 264 g/mol. The third kappa shape index (κ3) is 1.73. The number of hydrogen-bond acceptors (Lipinski definition) is 3. The van der Waals surface area contributed by atoms with Crippen molar-refractivity contribution in [3.8, 4) is 22.8 Å². The molecule has 0 fully saturated rings. The maximum atomic E-state index is 9.92. The van der Waals surface area contributed by atoms with Gasteiger partial charge in [0.2, 0.25) is 0 Å². The Hall–Kier alpha value is -1.68. The highest BCUT2D eigenvalue weighted by Crippen LogP contribution is 2.39. The summed E-state index contributed by atoms with van der Waals surface area (Å²) >= 11 is 5.89. The number of nitrogens with zero attached hydrogens (tertiary/aromatic N) is 1. The summed E-state index contributed by atoms with van der Waals surface area (Å²) in [6, 6.07) is 2.80. The highest BCUT2D eigenvalue weighted by Gasteiger charge is 2.20. The molecule has 0 saturated heterocycles. The Morgan fingerprint density at radius 2 is 1.89 bits per heavy atom. The molecule has 0 unspecified atom stereocenters. The second kappa shape index (κ2) is 4.21. The number of aromatic amines is 1. The molecular weight excluding hydrogens is 252 g/mol. The van der Waals surface area contributed by atoms with Crippen LogP contribution in [0.15, 0.2) is 12.1 Å². The lowest BCUT2D eigenvalue weighted by molar-refractivity contribution is 0.452. The normalized spacial score (nSPS) is 14.5. The zero-order valence-electron chi connectivity index (χ0n) is 9.70. The number of rotatable bonds is 1. The first-order chi connectivity index (χ1) is 8.66. The molecule has 0 spiro atoms. The largest absolute Gasteiger partial charge is 0.507 e. The SMILES string of the molecule is Oc1cc(O)c(-c2n[nH]c3c2CCCC3)cc1Cl. The molecule has 0 saturated carbocycles. The quantitative estimate of drug-likeness (QED) is 0.742. The van der Waals surface area contributed by atoms with Gasteiger partial charge in [0.25, 0.3) is 0 Å². The van der Waals surface area contributed by atoms with Crippen molar-refractivity contribution in [2.24, 2.45) is 0 Å². The Balaban J connectivity index is 2.15. The highest BCUT2D eigenvalue weighted by atomic mass is 35.5. The molecule has 1 aromatic carbocycles. The summed E-state index contributed by atoms with van der Waals surface area (Å²) in [5.74, 6) is -0.126. The van der Waals surface area contributed by atoms with Gasteiger partial charge in [-0.3, -0.25) is 5.10 Å². The molecule has 0 bridgehead atoms. The number of halogens is 1. The van der Waals surface area contributed by atoms with E-state index in [2.05, 4.69) is 10.2 Å². The molecule has 4 nitrogen and oxygen atoms in total. The van der Waals surface area contributed by atoms with Gasteiger partial charge < -0.3 is 10.2 Å². The van der Waals surface area contributed by atoms with Gasteiger partial charge in [0.1, 0.15) is 11.5 Å². The van der Waals surface area contributed by atoms with Gasteiger partial charge in [-0.15, -0.1) is 0 Å². The zero-order valence-corrected chi connectivity index (χ0v) is 10.5. The fourth-order valence-electron chi connectivity index (χ4n) is 2.44. The molecule has 1 aromatic heterocycles. The third-order valence-corrected chi connectivity index (χ3v) is 3.68. The first-order valence-corrected chi connectivity index (χ1v) is 6.32. The molecule has 0 aliphatic heterocycles. The highest BCUT2D eigenvalue weighted by molar-refractivity contribution is 6.32. The van der Waals surface area contributed by atoms with Crippen LogP contribution in [0.4, 0.5) is 0 Å². The Morgan fingerprint density at radius 1 is 1.11 bits per heavy atom. The molecule has 0 atom stereocenters. The summed E-state index contributed by atoms with van der Waals surface area (Å²) < 4.78 is 0. The minimum atomic E-state index is -0.123. The van der Waals surface area contributed by atoms with Crippen LogP contribution in [0.25, 0.3) is 11.3 Å². The summed E-state index contributed by atoms with van der Waals surface area (Å²) in [6.07, 6.45) is 4.25. The number of aryl methyl sites for hydroxylation is 1. The number of nitrogens with one attached hydrogen (secondary N) is 1. The second-order valence-electron chi connectivity index (χ2n) is 4.56. The molecule has 3 rings (SSSR count). The molecule has 0 amide bonds. The number of phenolic OH excluding ortho intramolecular Hbond substituents is 2. The van der Waals surface area contributed by atoms with E-state index in [4.69, 9.17) is 11.6 Å². The molecule has 1 aliphatic rings. The van der Waals surface area contributed by atoms with Crippen LogP contribution in [0.3, 0.4) is 0 Å². The summed E-state index contributed by atoms with van der Waals surface area (Å²) in [7, 11) is 0. The van der Waals surface area contributed by atoms with Crippen molar-refractivity contribution in [1.82, 2.24) is 10.2 Å². The van der Waals surface area contributed by atoms with Crippen LogP contribution >= 0.6 is 11.6 Å². The van der Waals surface area contributed by atoms with Crippen LogP contribution in [0.1, 0.15) is 24.1 Å². The Bertz CT molecular complexity index is 607. The number of phenols is 2. The van der Waals surface area contributed by atoms with E-state index in [-0.39, 0.29) is 16.5 Å². The number of fused-ring (bicyclic) bond motifs is 1. The molecular formula is C13H13ClN2O2. The summed E-state index contributed by atoms with van der Waals surface area (Å²) in [5.41, 5.74) is 3.60. The molecule has 0 radical (unpaired) electrons. The number of aromatic nitrogens is 2. The number of benzene rings is 1. The van der Waals surface area contributed by atoms with Gasteiger partial charge >= 0.3 is 0 Å². The maximum Gasteiger partial charge on any atom is 0.137 e. The van der Waals surface area contributed by atoms with E-state index in [0.717, 1.165) is 42.6 Å². The van der Waals surface area contributed by atoms with Crippen LogP contribution in [0, 0.1) is 0 Å². The first kappa shape index (κ1) is 11.4. The molecule has 2 aromatic rings. The number of H-pyrrole nitrogens is 1. The van der Waals surface area contributed by atoms with E-state index < -0.39 is 0 Å². The number of aromatic hydroxyl groups is 2.